The molecule has 1 aromatic heterocycles. The number of anilines is 2. The Morgan fingerprint density at radius 1 is 1.05 bits per heavy atom. The zero-order valence-electron chi connectivity index (χ0n) is 11.7. The third kappa shape index (κ3) is 3.25. The van der Waals surface area contributed by atoms with E-state index >= 15 is 0 Å². The Kier molecular flexibility index (Phi) is 4.22. The largest absolute Gasteiger partial charge is 0.393 e. The molecule has 0 aliphatic carbocycles. The van der Waals surface area contributed by atoms with Crippen LogP contribution in [0.4, 0.5) is 11.5 Å². The molecule has 1 saturated heterocycles. The minimum Gasteiger partial charge on any atom is -0.393 e. The summed E-state index contributed by atoms with van der Waals surface area (Å²) in [5.74, 6) is 0.745. The summed E-state index contributed by atoms with van der Waals surface area (Å²) in [5, 5.41) is 0.326. The van der Waals surface area contributed by atoms with Gasteiger partial charge in [-0.2, -0.15) is 0 Å². The van der Waals surface area contributed by atoms with Gasteiger partial charge in [-0.05, 0) is 5.56 Å². The van der Waals surface area contributed by atoms with E-state index in [4.69, 9.17) is 17.3 Å². The van der Waals surface area contributed by atoms with E-state index in [1.807, 2.05) is 6.07 Å². The summed E-state index contributed by atoms with van der Waals surface area (Å²) in [7, 11) is 0. The molecular formula is C15H18ClN5. The number of benzene rings is 1. The Hall–Kier alpha value is -1.85. The molecule has 0 bridgehead atoms. The van der Waals surface area contributed by atoms with Gasteiger partial charge in [-0.1, -0.05) is 41.9 Å². The molecule has 2 N–H and O–H groups in total. The molecule has 0 atom stereocenters. The van der Waals surface area contributed by atoms with Crippen molar-refractivity contribution in [3.8, 4) is 0 Å². The Morgan fingerprint density at radius 3 is 2.48 bits per heavy atom. The van der Waals surface area contributed by atoms with Crippen molar-refractivity contribution in [3.05, 3.63) is 47.4 Å². The molecule has 3 rings (SSSR count). The SMILES string of the molecule is Nc1c(Cl)ncnc1N1CCN(Cc2ccccc2)CC1. The molecule has 0 unspecified atom stereocenters. The minimum atomic E-state index is 0.326. The van der Waals surface area contributed by atoms with Crippen LogP contribution in [0.3, 0.4) is 0 Å². The molecule has 21 heavy (non-hydrogen) atoms. The lowest BCUT2D eigenvalue weighted by atomic mass is 10.2. The van der Waals surface area contributed by atoms with Crippen LogP contribution in [0.25, 0.3) is 0 Å². The standard InChI is InChI=1S/C15H18ClN5/c16-14-13(17)15(19-11-18-14)21-8-6-20(7-9-21)10-12-4-2-1-3-5-12/h1-5,11H,6-10,17H2. The average molecular weight is 304 g/mol. The number of nitrogens with zero attached hydrogens (tertiary/aromatic N) is 4. The Bertz CT molecular complexity index is 596. The van der Waals surface area contributed by atoms with Crippen molar-refractivity contribution < 1.29 is 0 Å². The minimum absolute atomic E-state index is 0.326. The summed E-state index contributed by atoms with van der Waals surface area (Å²) in [6.45, 7) is 4.73. The first-order chi connectivity index (χ1) is 10.2. The normalized spacial score (nSPS) is 16.1. The van der Waals surface area contributed by atoms with Gasteiger partial charge in [0.05, 0.1) is 0 Å². The Labute approximate surface area is 129 Å². The van der Waals surface area contributed by atoms with Gasteiger partial charge in [-0.3, -0.25) is 4.90 Å². The van der Waals surface area contributed by atoms with Crippen molar-refractivity contribution in [1.29, 1.82) is 0 Å². The highest BCUT2D eigenvalue weighted by Gasteiger charge is 2.20. The van der Waals surface area contributed by atoms with E-state index in [0.29, 0.717) is 10.8 Å². The van der Waals surface area contributed by atoms with Gasteiger partial charge in [0.25, 0.3) is 0 Å². The van der Waals surface area contributed by atoms with Crippen LogP contribution in [0.2, 0.25) is 5.15 Å². The highest BCUT2D eigenvalue weighted by atomic mass is 35.5. The van der Waals surface area contributed by atoms with Gasteiger partial charge in [0.2, 0.25) is 0 Å². The van der Waals surface area contributed by atoms with Crippen LogP contribution in [-0.2, 0) is 6.54 Å². The van der Waals surface area contributed by atoms with Gasteiger partial charge < -0.3 is 10.6 Å². The van der Waals surface area contributed by atoms with Gasteiger partial charge in [0.15, 0.2) is 11.0 Å². The lowest BCUT2D eigenvalue weighted by molar-refractivity contribution is 0.249. The first-order valence-corrected chi connectivity index (χ1v) is 7.39. The number of nitrogens with two attached hydrogens (primary N) is 1. The van der Waals surface area contributed by atoms with E-state index in [0.717, 1.165) is 38.5 Å². The molecule has 1 fully saturated rings. The monoisotopic (exact) mass is 303 g/mol. The van der Waals surface area contributed by atoms with Gasteiger partial charge in [-0.25, -0.2) is 9.97 Å². The average Bonchev–Trinajstić information content (AvgIpc) is 2.52. The summed E-state index contributed by atoms with van der Waals surface area (Å²) in [4.78, 5) is 12.8. The number of halogens is 1. The first kappa shape index (κ1) is 14.1. The van der Waals surface area contributed by atoms with Crippen LogP contribution in [-0.4, -0.2) is 41.0 Å². The van der Waals surface area contributed by atoms with E-state index in [1.165, 1.54) is 11.9 Å². The molecule has 110 valence electrons. The molecule has 2 aromatic rings. The number of aromatic nitrogens is 2. The fourth-order valence-electron chi connectivity index (χ4n) is 2.58. The molecule has 6 heteroatoms. The van der Waals surface area contributed by atoms with E-state index in [1.54, 1.807) is 0 Å². The van der Waals surface area contributed by atoms with E-state index < -0.39 is 0 Å². The fourth-order valence-corrected chi connectivity index (χ4v) is 2.71. The molecule has 0 amide bonds. The molecule has 5 nitrogen and oxygen atoms in total. The lowest BCUT2D eigenvalue weighted by Crippen LogP contribution is -2.46. The smallest absolute Gasteiger partial charge is 0.157 e. The highest BCUT2D eigenvalue weighted by molar-refractivity contribution is 6.32. The van der Waals surface area contributed by atoms with Gasteiger partial charge in [0, 0.05) is 32.7 Å². The summed E-state index contributed by atoms with van der Waals surface area (Å²) in [6.07, 6.45) is 1.46. The number of hydrogen-bond donors (Lipinski definition) is 1. The maximum absolute atomic E-state index is 5.96. The molecule has 1 aromatic carbocycles. The van der Waals surface area contributed by atoms with Crippen LogP contribution in [0.15, 0.2) is 36.7 Å². The summed E-state index contributed by atoms with van der Waals surface area (Å²) in [6, 6.07) is 10.5. The lowest BCUT2D eigenvalue weighted by Gasteiger charge is -2.35. The Morgan fingerprint density at radius 2 is 1.76 bits per heavy atom. The zero-order valence-corrected chi connectivity index (χ0v) is 12.5. The quantitative estimate of drug-likeness (QED) is 0.879. The predicted molar refractivity (Wildman–Crippen MR) is 85.4 cm³/mol. The molecule has 1 aliphatic rings. The molecule has 0 radical (unpaired) electrons. The van der Waals surface area contributed by atoms with Crippen molar-refractivity contribution in [2.45, 2.75) is 6.54 Å². The third-order valence-corrected chi connectivity index (χ3v) is 4.04. The van der Waals surface area contributed by atoms with Gasteiger partial charge in [0.1, 0.15) is 12.0 Å². The number of nitrogen functional groups attached to an aromatic ring is 1. The van der Waals surface area contributed by atoms with Crippen molar-refractivity contribution in [2.75, 3.05) is 36.8 Å². The molecular weight excluding hydrogens is 286 g/mol. The van der Waals surface area contributed by atoms with Crippen LogP contribution >= 0.6 is 11.6 Å². The first-order valence-electron chi connectivity index (χ1n) is 7.01. The van der Waals surface area contributed by atoms with Crippen molar-refractivity contribution in [1.82, 2.24) is 14.9 Å². The van der Waals surface area contributed by atoms with Crippen LogP contribution in [0, 0.1) is 0 Å². The van der Waals surface area contributed by atoms with Crippen molar-refractivity contribution in [2.24, 2.45) is 0 Å². The fraction of sp³-hybridized carbons (Fsp3) is 0.333. The summed E-state index contributed by atoms with van der Waals surface area (Å²) < 4.78 is 0. The van der Waals surface area contributed by atoms with Gasteiger partial charge in [-0.15, -0.1) is 0 Å². The number of piperazine rings is 1. The summed E-state index contributed by atoms with van der Waals surface area (Å²) >= 11 is 5.96. The zero-order chi connectivity index (χ0) is 14.7. The second kappa shape index (κ2) is 6.28. The van der Waals surface area contributed by atoms with E-state index in [-0.39, 0.29) is 0 Å². The van der Waals surface area contributed by atoms with Crippen molar-refractivity contribution >= 4 is 23.1 Å². The second-order valence-electron chi connectivity index (χ2n) is 5.15. The number of rotatable bonds is 3. The topological polar surface area (TPSA) is 58.3 Å². The Balaban J connectivity index is 1.61. The van der Waals surface area contributed by atoms with Crippen LogP contribution in [0.5, 0.6) is 0 Å². The van der Waals surface area contributed by atoms with Crippen LogP contribution < -0.4 is 10.6 Å². The third-order valence-electron chi connectivity index (χ3n) is 3.74. The van der Waals surface area contributed by atoms with Crippen LogP contribution in [0.1, 0.15) is 5.56 Å². The second-order valence-corrected chi connectivity index (χ2v) is 5.51. The van der Waals surface area contributed by atoms with Crippen molar-refractivity contribution in [3.63, 3.8) is 0 Å². The molecule has 0 spiro atoms. The van der Waals surface area contributed by atoms with Gasteiger partial charge >= 0.3 is 0 Å². The molecule has 1 aliphatic heterocycles. The van der Waals surface area contributed by atoms with E-state index in [9.17, 15) is 0 Å². The van der Waals surface area contributed by atoms with E-state index in [2.05, 4.69) is 44.0 Å². The predicted octanol–water partition coefficient (Wildman–Crippen LogP) is 2.03. The maximum atomic E-state index is 5.96. The summed E-state index contributed by atoms with van der Waals surface area (Å²) in [5.41, 5.74) is 7.77. The number of hydrogen-bond acceptors (Lipinski definition) is 5. The highest BCUT2D eigenvalue weighted by Crippen LogP contribution is 2.26. The maximum Gasteiger partial charge on any atom is 0.157 e. The molecule has 0 saturated carbocycles. The molecule has 2 heterocycles.